The Morgan fingerprint density at radius 1 is 1.43 bits per heavy atom. The molecule has 0 aromatic heterocycles. The lowest BCUT2D eigenvalue weighted by molar-refractivity contribution is 0.365. The number of nitrogen functional groups attached to an aromatic ring is 1. The maximum atomic E-state index is 12.8. The molecule has 21 heavy (non-hydrogen) atoms. The lowest BCUT2D eigenvalue weighted by Crippen LogP contribution is -2.35. The van der Waals surface area contributed by atoms with E-state index in [4.69, 9.17) is 15.7 Å². The Kier molecular flexibility index (Phi) is 6.00. The molecule has 0 saturated heterocycles. The molecule has 1 aromatic carbocycles. The number of anilines is 1. The Hall–Kier alpha value is -1.78. The van der Waals surface area contributed by atoms with E-state index in [0.29, 0.717) is 12.2 Å². The standard InChI is InChI=1S/C14H21N3O3S/c1-11(2)10-17(8-4-7-15)21(18,19)14-6-5-12(16)9-13(14)20-3/h5-6,9,11H,4,8,10,16H2,1-3H3. The monoisotopic (exact) mass is 311 g/mol. The van der Waals surface area contributed by atoms with Gasteiger partial charge in [-0.25, -0.2) is 8.42 Å². The number of ether oxygens (including phenoxy) is 1. The second kappa shape index (κ2) is 7.29. The molecule has 0 unspecified atom stereocenters. The lowest BCUT2D eigenvalue weighted by atomic mass is 10.2. The number of hydrogen-bond acceptors (Lipinski definition) is 5. The summed E-state index contributed by atoms with van der Waals surface area (Å²) in [5.41, 5.74) is 6.08. The fourth-order valence-corrected chi connectivity index (χ4v) is 3.67. The summed E-state index contributed by atoms with van der Waals surface area (Å²) in [5.74, 6) is 0.360. The topological polar surface area (TPSA) is 96.4 Å². The average molecular weight is 311 g/mol. The van der Waals surface area contributed by atoms with E-state index < -0.39 is 10.0 Å². The summed E-state index contributed by atoms with van der Waals surface area (Å²) in [6.07, 6.45) is 0.142. The SMILES string of the molecule is COc1cc(N)ccc1S(=O)(=O)N(CCC#N)CC(C)C. The van der Waals surface area contributed by atoms with Gasteiger partial charge in [-0.05, 0) is 18.1 Å². The van der Waals surface area contributed by atoms with Crippen LogP contribution in [-0.4, -0.2) is 32.9 Å². The van der Waals surface area contributed by atoms with Crippen LogP contribution in [0.25, 0.3) is 0 Å². The van der Waals surface area contributed by atoms with Crippen molar-refractivity contribution in [2.45, 2.75) is 25.2 Å². The van der Waals surface area contributed by atoms with Crippen LogP contribution < -0.4 is 10.5 Å². The second-order valence-electron chi connectivity index (χ2n) is 5.08. The van der Waals surface area contributed by atoms with Crippen molar-refractivity contribution >= 4 is 15.7 Å². The molecule has 0 saturated carbocycles. The normalized spacial score (nSPS) is 11.6. The van der Waals surface area contributed by atoms with Crippen molar-refractivity contribution in [2.75, 3.05) is 25.9 Å². The van der Waals surface area contributed by atoms with Gasteiger partial charge in [-0.2, -0.15) is 9.57 Å². The highest BCUT2D eigenvalue weighted by Crippen LogP contribution is 2.29. The average Bonchev–Trinajstić information content (AvgIpc) is 2.42. The Morgan fingerprint density at radius 2 is 2.10 bits per heavy atom. The minimum atomic E-state index is -3.73. The number of benzene rings is 1. The fourth-order valence-electron chi connectivity index (χ4n) is 1.93. The molecule has 1 aromatic rings. The molecule has 0 aliphatic rings. The summed E-state index contributed by atoms with van der Waals surface area (Å²) >= 11 is 0. The predicted octanol–water partition coefficient (Wildman–Crippen LogP) is 1.84. The molecule has 0 spiro atoms. The van der Waals surface area contributed by atoms with E-state index in [1.54, 1.807) is 0 Å². The highest BCUT2D eigenvalue weighted by atomic mass is 32.2. The van der Waals surface area contributed by atoms with Gasteiger partial charge in [0.05, 0.1) is 13.2 Å². The zero-order chi connectivity index (χ0) is 16.0. The number of sulfonamides is 1. The largest absolute Gasteiger partial charge is 0.495 e. The van der Waals surface area contributed by atoms with Crippen LogP contribution in [0.3, 0.4) is 0 Å². The summed E-state index contributed by atoms with van der Waals surface area (Å²) in [4.78, 5) is 0.0674. The molecule has 0 heterocycles. The first-order chi connectivity index (χ1) is 9.82. The zero-order valence-electron chi connectivity index (χ0n) is 12.5. The Bertz CT molecular complexity index is 621. The van der Waals surface area contributed by atoms with Gasteiger partial charge in [-0.3, -0.25) is 0 Å². The van der Waals surface area contributed by atoms with E-state index in [9.17, 15) is 8.42 Å². The number of rotatable bonds is 7. The van der Waals surface area contributed by atoms with Gasteiger partial charge in [-0.1, -0.05) is 13.8 Å². The zero-order valence-corrected chi connectivity index (χ0v) is 13.4. The van der Waals surface area contributed by atoms with Crippen LogP contribution in [0.15, 0.2) is 23.1 Å². The first kappa shape index (κ1) is 17.3. The van der Waals surface area contributed by atoms with Crippen molar-refractivity contribution in [3.8, 4) is 11.8 Å². The van der Waals surface area contributed by atoms with Crippen LogP contribution in [0.4, 0.5) is 5.69 Å². The number of nitrogens with two attached hydrogens (primary N) is 1. The van der Waals surface area contributed by atoms with E-state index in [2.05, 4.69) is 0 Å². The van der Waals surface area contributed by atoms with Gasteiger partial charge >= 0.3 is 0 Å². The van der Waals surface area contributed by atoms with Crippen molar-refractivity contribution < 1.29 is 13.2 Å². The molecule has 7 heteroatoms. The van der Waals surface area contributed by atoms with Gasteiger partial charge in [0, 0.05) is 31.3 Å². The molecule has 2 N–H and O–H groups in total. The fraction of sp³-hybridized carbons (Fsp3) is 0.500. The lowest BCUT2D eigenvalue weighted by Gasteiger charge is -2.24. The predicted molar refractivity (Wildman–Crippen MR) is 81.2 cm³/mol. The highest BCUT2D eigenvalue weighted by molar-refractivity contribution is 7.89. The molecule has 0 aliphatic carbocycles. The van der Waals surface area contributed by atoms with Crippen molar-refractivity contribution in [2.24, 2.45) is 5.92 Å². The molecule has 116 valence electrons. The summed E-state index contributed by atoms with van der Waals surface area (Å²) in [5, 5.41) is 8.71. The van der Waals surface area contributed by atoms with Crippen molar-refractivity contribution in [1.29, 1.82) is 5.26 Å². The maximum Gasteiger partial charge on any atom is 0.246 e. The minimum Gasteiger partial charge on any atom is -0.495 e. The van der Waals surface area contributed by atoms with Crippen LogP contribution in [0.5, 0.6) is 5.75 Å². The molecule has 1 rings (SSSR count). The van der Waals surface area contributed by atoms with E-state index >= 15 is 0 Å². The highest BCUT2D eigenvalue weighted by Gasteiger charge is 2.28. The van der Waals surface area contributed by atoms with Crippen LogP contribution >= 0.6 is 0 Å². The second-order valence-corrected chi connectivity index (χ2v) is 6.98. The van der Waals surface area contributed by atoms with E-state index in [-0.39, 0.29) is 29.5 Å². The van der Waals surface area contributed by atoms with Crippen molar-refractivity contribution in [3.05, 3.63) is 18.2 Å². The minimum absolute atomic E-state index is 0.0674. The van der Waals surface area contributed by atoms with Crippen LogP contribution in [-0.2, 0) is 10.0 Å². The van der Waals surface area contributed by atoms with Crippen LogP contribution in [0.2, 0.25) is 0 Å². The first-order valence-electron chi connectivity index (χ1n) is 6.63. The van der Waals surface area contributed by atoms with E-state index in [1.165, 1.54) is 29.6 Å². The summed E-state index contributed by atoms with van der Waals surface area (Å²) in [6.45, 7) is 4.35. The molecule has 0 bridgehead atoms. The van der Waals surface area contributed by atoms with Gasteiger partial charge in [0.1, 0.15) is 10.6 Å². The van der Waals surface area contributed by atoms with Gasteiger partial charge < -0.3 is 10.5 Å². The summed E-state index contributed by atoms with van der Waals surface area (Å²) in [6, 6.07) is 6.41. The molecular weight excluding hydrogens is 290 g/mol. The van der Waals surface area contributed by atoms with Gasteiger partial charge in [0.25, 0.3) is 0 Å². The van der Waals surface area contributed by atoms with Crippen LogP contribution in [0.1, 0.15) is 20.3 Å². The van der Waals surface area contributed by atoms with E-state index in [0.717, 1.165) is 0 Å². The quantitative estimate of drug-likeness (QED) is 0.775. The number of methoxy groups -OCH3 is 1. The smallest absolute Gasteiger partial charge is 0.246 e. The number of hydrogen-bond donors (Lipinski definition) is 1. The molecule has 6 nitrogen and oxygen atoms in total. The van der Waals surface area contributed by atoms with Crippen molar-refractivity contribution in [3.63, 3.8) is 0 Å². The Morgan fingerprint density at radius 3 is 2.62 bits per heavy atom. The van der Waals surface area contributed by atoms with Gasteiger partial charge in [0.15, 0.2) is 0 Å². The maximum absolute atomic E-state index is 12.8. The molecule has 0 atom stereocenters. The molecule has 0 radical (unpaired) electrons. The van der Waals surface area contributed by atoms with Gasteiger partial charge in [-0.15, -0.1) is 0 Å². The number of nitrogens with zero attached hydrogens (tertiary/aromatic N) is 2. The Balaban J connectivity index is 3.25. The van der Waals surface area contributed by atoms with Crippen LogP contribution in [0, 0.1) is 17.2 Å². The Labute approximate surface area is 126 Å². The van der Waals surface area contributed by atoms with Crippen molar-refractivity contribution in [1.82, 2.24) is 4.31 Å². The van der Waals surface area contributed by atoms with Gasteiger partial charge in [0.2, 0.25) is 10.0 Å². The van der Waals surface area contributed by atoms with E-state index in [1.807, 2.05) is 19.9 Å². The number of nitriles is 1. The third-order valence-corrected chi connectivity index (χ3v) is 4.75. The molecule has 0 aliphatic heterocycles. The molecule has 0 fully saturated rings. The first-order valence-corrected chi connectivity index (χ1v) is 8.07. The third-order valence-electron chi connectivity index (χ3n) is 2.85. The summed E-state index contributed by atoms with van der Waals surface area (Å²) < 4.78 is 32.0. The molecular formula is C14H21N3O3S. The summed E-state index contributed by atoms with van der Waals surface area (Å²) in [7, 11) is -2.33. The third kappa shape index (κ3) is 4.34. The molecule has 0 amide bonds.